The van der Waals surface area contributed by atoms with Crippen LogP contribution in [0, 0.1) is 0 Å². The molecule has 0 spiro atoms. The Kier molecular flexibility index (Phi) is 56.1. The van der Waals surface area contributed by atoms with Gasteiger partial charge in [0, 0.05) is 12.8 Å². The van der Waals surface area contributed by atoms with Crippen molar-refractivity contribution < 1.29 is 42.9 Å². The number of rotatable bonds is 56. The Morgan fingerprint density at radius 3 is 1.08 bits per heavy atom. The van der Waals surface area contributed by atoms with E-state index in [1.165, 1.54) is 77.0 Å². The highest BCUT2D eigenvalue weighted by Crippen LogP contribution is 2.15. The minimum atomic E-state index is -1.63. The van der Waals surface area contributed by atoms with Crippen LogP contribution in [-0.4, -0.2) is 82.3 Å². The Labute approximate surface area is 484 Å². The third-order valence-corrected chi connectivity index (χ3v) is 12.9. The first-order chi connectivity index (χ1) is 38.6. The van der Waals surface area contributed by atoms with Gasteiger partial charge in [0.25, 0.3) is 0 Å². The zero-order valence-corrected chi connectivity index (χ0v) is 50.9. The molecule has 0 aromatic rings. The molecule has 0 aliphatic heterocycles. The highest BCUT2D eigenvalue weighted by molar-refractivity contribution is 5.70. The van der Waals surface area contributed by atoms with Gasteiger partial charge in [0.05, 0.1) is 40.3 Å². The lowest BCUT2D eigenvalue weighted by Gasteiger charge is -2.26. The maximum Gasteiger partial charge on any atom is 0.306 e. The second-order valence-corrected chi connectivity index (χ2v) is 21.6. The van der Waals surface area contributed by atoms with E-state index >= 15 is 0 Å². The number of carbonyl (C=O) groups is 3. The third-order valence-electron chi connectivity index (χ3n) is 12.9. The summed E-state index contributed by atoms with van der Waals surface area (Å²) in [5.41, 5.74) is 0. The summed E-state index contributed by atoms with van der Waals surface area (Å²) in [6.07, 6.45) is 82.2. The van der Waals surface area contributed by atoms with E-state index in [1.54, 1.807) is 0 Å². The van der Waals surface area contributed by atoms with Gasteiger partial charge < -0.3 is 33.3 Å². The molecule has 0 bridgehead atoms. The Morgan fingerprint density at radius 1 is 0.392 bits per heavy atom. The number of esters is 2. The van der Waals surface area contributed by atoms with Crippen LogP contribution in [0.5, 0.6) is 0 Å². The number of quaternary nitrogens is 1. The number of carboxylic acids is 1. The summed E-state index contributed by atoms with van der Waals surface area (Å²) >= 11 is 0. The minimum Gasteiger partial charge on any atom is -0.545 e. The van der Waals surface area contributed by atoms with E-state index in [1.807, 2.05) is 21.1 Å². The number of carboxylic acid groups (broad SMARTS) is 1. The van der Waals surface area contributed by atoms with Crippen LogP contribution in [0.4, 0.5) is 0 Å². The molecule has 0 aromatic heterocycles. The molecule has 0 aliphatic rings. The van der Waals surface area contributed by atoms with Gasteiger partial charge in [-0.2, -0.15) is 0 Å². The summed E-state index contributed by atoms with van der Waals surface area (Å²) in [5, 5.41) is 11.8. The zero-order chi connectivity index (χ0) is 57.6. The lowest BCUT2D eigenvalue weighted by atomic mass is 10.1. The quantitative estimate of drug-likeness (QED) is 0.0195. The molecule has 0 saturated heterocycles. The molecule has 0 rings (SSSR count). The molecule has 2 atom stereocenters. The standard InChI is InChI=1S/C70H115NO8/c1-6-8-10-12-14-16-18-20-22-24-25-26-27-28-29-30-31-32-33-34-35-36-37-38-39-40-41-42-43-45-47-49-51-53-55-57-59-61-68(73)79-66(65-78-70(69(74)75)76-63-62-71(3,4)5)64-77-67(72)60-58-56-54-52-50-48-46-44-23-21-19-17-15-13-11-9-7-2/h8,10,14-17,20-23,25-26,28-29,31-32,34-35,37-38,40-41,66,70H,6-7,9,11-13,18-19,24,27,30,33,36,39,42-65H2,1-5H3/b10-8-,16-14-,17-15-,22-20-,23-21-,26-25-,29-28-,32-31-,35-34-,38-37-,41-40-. The summed E-state index contributed by atoms with van der Waals surface area (Å²) in [4.78, 5) is 37.3. The SMILES string of the molecule is CC/C=C\C/C=C\C/C=C\C/C=C\C/C=C\C/C=C\C/C=C\C/C=C\C/C=C\CCCCCCCCCCCC(=O)OC(COC(=O)CCCCCCCCC/C=C\C/C=C\CCCCC)COC(OCC[N+](C)(C)C)C(=O)[O-]. The molecule has 0 saturated carbocycles. The molecule has 9 nitrogen and oxygen atoms in total. The molecule has 0 aromatic carbocycles. The van der Waals surface area contributed by atoms with Crippen molar-refractivity contribution in [2.75, 3.05) is 47.5 Å². The first-order valence-corrected chi connectivity index (χ1v) is 31.3. The zero-order valence-electron chi connectivity index (χ0n) is 50.9. The fourth-order valence-electron chi connectivity index (χ4n) is 8.09. The number of likely N-dealkylation sites (N-methyl/N-ethyl adjacent to an activating group) is 1. The van der Waals surface area contributed by atoms with Gasteiger partial charge in [-0.25, -0.2) is 0 Å². The van der Waals surface area contributed by atoms with Crippen molar-refractivity contribution in [2.45, 2.75) is 245 Å². The first kappa shape index (κ1) is 74.4. The number of aliphatic carboxylic acids is 1. The fraction of sp³-hybridized carbons (Fsp3) is 0.643. The van der Waals surface area contributed by atoms with Crippen LogP contribution in [0.15, 0.2) is 134 Å². The number of hydrogen-bond donors (Lipinski definition) is 0. The van der Waals surface area contributed by atoms with E-state index in [2.05, 4.69) is 148 Å². The van der Waals surface area contributed by atoms with Gasteiger partial charge >= 0.3 is 11.9 Å². The van der Waals surface area contributed by atoms with Gasteiger partial charge in [0.2, 0.25) is 0 Å². The molecule has 0 N–H and O–H groups in total. The molecule has 0 amide bonds. The van der Waals surface area contributed by atoms with Crippen LogP contribution >= 0.6 is 0 Å². The van der Waals surface area contributed by atoms with Crippen LogP contribution < -0.4 is 5.11 Å². The largest absolute Gasteiger partial charge is 0.545 e. The molecule has 0 aliphatic carbocycles. The predicted octanol–water partition coefficient (Wildman–Crippen LogP) is 17.7. The van der Waals surface area contributed by atoms with E-state index in [0.29, 0.717) is 17.4 Å². The molecule has 2 unspecified atom stereocenters. The summed E-state index contributed by atoms with van der Waals surface area (Å²) in [5.74, 6) is -2.31. The maximum atomic E-state index is 12.9. The monoisotopic (exact) mass is 1100 g/mol. The predicted molar refractivity (Wildman–Crippen MR) is 333 cm³/mol. The Morgan fingerprint density at radius 2 is 0.722 bits per heavy atom. The van der Waals surface area contributed by atoms with Gasteiger partial charge in [0.1, 0.15) is 13.2 Å². The van der Waals surface area contributed by atoms with Crippen LogP contribution in [0.1, 0.15) is 232 Å². The fourth-order valence-corrected chi connectivity index (χ4v) is 8.09. The van der Waals surface area contributed by atoms with Crippen molar-refractivity contribution in [1.29, 1.82) is 0 Å². The normalized spacial score (nSPS) is 13.7. The highest BCUT2D eigenvalue weighted by Gasteiger charge is 2.22. The summed E-state index contributed by atoms with van der Waals surface area (Å²) < 4.78 is 22.7. The van der Waals surface area contributed by atoms with Crippen LogP contribution in [0.3, 0.4) is 0 Å². The van der Waals surface area contributed by atoms with Gasteiger partial charge in [-0.3, -0.25) is 9.59 Å². The van der Waals surface area contributed by atoms with E-state index in [-0.39, 0.29) is 38.6 Å². The van der Waals surface area contributed by atoms with E-state index in [9.17, 15) is 19.5 Å². The van der Waals surface area contributed by atoms with Crippen molar-refractivity contribution in [3.05, 3.63) is 134 Å². The average molecular weight is 1100 g/mol. The number of nitrogens with zero attached hydrogens (tertiary/aromatic N) is 1. The molecular formula is C70H115NO8. The van der Waals surface area contributed by atoms with Crippen LogP contribution in [-0.2, 0) is 33.3 Å². The second-order valence-electron chi connectivity index (χ2n) is 21.6. The summed E-state index contributed by atoms with van der Waals surface area (Å²) in [6, 6.07) is 0. The molecular weight excluding hydrogens is 983 g/mol. The Hall–Kier alpha value is -4.57. The summed E-state index contributed by atoms with van der Waals surface area (Å²) in [7, 11) is 5.91. The van der Waals surface area contributed by atoms with E-state index in [4.69, 9.17) is 18.9 Å². The van der Waals surface area contributed by atoms with Crippen LogP contribution in [0.25, 0.3) is 0 Å². The topological polar surface area (TPSA) is 111 Å². The smallest absolute Gasteiger partial charge is 0.306 e. The number of hydrogen-bond acceptors (Lipinski definition) is 8. The third kappa shape index (κ3) is 60.9. The van der Waals surface area contributed by atoms with Crippen molar-refractivity contribution in [1.82, 2.24) is 0 Å². The highest BCUT2D eigenvalue weighted by atomic mass is 16.7. The molecule has 9 heteroatoms. The molecule has 0 radical (unpaired) electrons. The van der Waals surface area contributed by atoms with Crippen molar-refractivity contribution in [2.24, 2.45) is 0 Å². The molecule has 79 heavy (non-hydrogen) atoms. The average Bonchev–Trinajstić information content (AvgIpc) is 3.42. The van der Waals surface area contributed by atoms with E-state index in [0.717, 1.165) is 122 Å². The van der Waals surface area contributed by atoms with Crippen molar-refractivity contribution >= 4 is 17.9 Å². The number of allylic oxidation sites excluding steroid dienone is 22. The minimum absolute atomic E-state index is 0.139. The first-order valence-electron chi connectivity index (χ1n) is 31.3. The van der Waals surface area contributed by atoms with Gasteiger partial charge in [-0.05, 0) is 116 Å². The van der Waals surface area contributed by atoms with Gasteiger partial charge in [-0.1, -0.05) is 237 Å². The number of unbranched alkanes of at least 4 members (excludes halogenated alkanes) is 19. The van der Waals surface area contributed by atoms with Gasteiger partial charge in [0.15, 0.2) is 12.4 Å². The number of ether oxygens (including phenoxy) is 4. The number of carbonyl (C=O) groups excluding carboxylic acids is 3. The van der Waals surface area contributed by atoms with Gasteiger partial charge in [-0.15, -0.1) is 0 Å². The van der Waals surface area contributed by atoms with Crippen LogP contribution in [0.2, 0.25) is 0 Å². The lowest BCUT2D eigenvalue weighted by Crippen LogP contribution is -2.44. The summed E-state index contributed by atoms with van der Waals surface area (Å²) in [6.45, 7) is 4.58. The van der Waals surface area contributed by atoms with E-state index < -0.39 is 24.3 Å². The molecule has 0 fully saturated rings. The maximum absolute atomic E-state index is 12.9. The van der Waals surface area contributed by atoms with Crippen molar-refractivity contribution in [3.8, 4) is 0 Å². The molecule has 448 valence electrons. The second kappa shape index (κ2) is 59.5. The Balaban J connectivity index is 4.21. The lowest BCUT2D eigenvalue weighted by molar-refractivity contribution is -0.870. The molecule has 0 heterocycles. The Bertz CT molecular complexity index is 1750. The van der Waals surface area contributed by atoms with Crippen molar-refractivity contribution in [3.63, 3.8) is 0 Å².